The van der Waals surface area contributed by atoms with Gasteiger partial charge in [-0.05, 0) is 31.0 Å². The lowest BCUT2D eigenvalue weighted by Gasteiger charge is -2.29. The van der Waals surface area contributed by atoms with E-state index in [1.165, 1.54) is 6.20 Å². The summed E-state index contributed by atoms with van der Waals surface area (Å²) in [7, 11) is 0. The number of carbonyl (C=O) groups is 1. The van der Waals surface area contributed by atoms with Crippen LogP contribution in [-0.4, -0.2) is 51.6 Å². The molecule has 8 nitrogen and oxygen atoms in total. The predicted molar refractivity (Wildman–Crippen MR) is 99.7 cm³/mol. The Hall–Kier alpha value is -2.92. The van der Waals surface area contributed by atoms with E-state index in [1.54, 1.807) is 18.3 Å². The quantitative estimate of drug-likeness (QED) is 0.563. The maximum atomic E-state index is 12.6. The molecule has 0 bridgehead atoms. The van der Waals surface area contributed by atoms with E-state index in [4.69, 9.17) is 4.74 Å². The Balaban J connectivity index is 1.61. The van der Waals surface area contributed by atoms with Gasteiger partial charge in [0, 0.05) is 30.4 Å². The summed E-state index contributed by atoms with van der Waals surface area (Å²) < 4.78 is 43.5. The van der Waals surface area contributed by atoms with Gasteiger partial charge in [-0.2, -0.15) is 13.2 Å². The van der Waals surface area contributed by atoms with Gasteiger partial charge >= 0.3 is 12.2 Å². The molecule has 0 spiro atoms. The van der Waals surface area contributed by atoms with E-state index in [0.717, 1.165) is 12.1 Å². The maximum Gasteiger partial charge on any atom is 0.417 e. The second-order valence-corrected chi connectivity index (χ2v) is 7.26. The van der Waals surface area contributed by atoms with Crippen molar-refractivity contribution in [1.29, 1.82) is 0 Å². The van der Waals surface area contributed by atoms with E-state index < -0.39 is 35.4 Å². The van der Waals surface area contributed by atoms with Gasteiger partial charge in [-0.25, -0.2) is 9.78 Å². The second-order valence-electron chi connectivity index (χ2n) is 7.26. The standard InChI is InChI=1S/C19H21F3N4O4/c20-19(21,22)12-3-4-16(24-8-12)30-11-18(6-14(27)15(28)7-18)10-25-17(29)26-13-2-1-5-23-9-13/h1-5,8-9,14-15,27-28H,6-7,10-11H2,(H2,25,26,29). The van der Waals surface area contributed by atoms with Crippen LogP contribution < -0.4 is 15.4 Å². The van der Waals surface area contributed by atoms with E-state index in [0.29, 0.717) is 11.9 Å². The molecule has 1 fully saturated rings. The van der Waals surface area contributed by atoms with Crippen molar-refractivity contribution in [3.05, 3.63) is 48.4 Å². The number of nitrogens with zero attached hydrogens (tertiary/aromatic N) is 2. The molecule has 1 aliphatic rings. The molecule has 1 saturated carbocycles. The fourth-order valence-electron chi connectivity index (χ4n) is 3.30. The number of hydrogen-bond acceptors (Lipinski definition) is 6. The number of nitrogens with one attached hydrogen (secondary N) is 2. The Labute approximate surface area is 170 Å². The van der Waals surface area contributed by atoms with Crippen LogP contribution in [0.15, 0.2) is 42.9 Å². The molecule has 0 aromatic carbocycles. The Kier molecular flexibility index (Phi) is 6.42. The lowest BCUT2D eigenvalue weighted by molar-refractivity contribution is -0.137. The summed E-state index contributed by atoms with van der Waals surface area (Å²) in [6, 6.07) is 4.76. The van der Waals surface area contributed by atoms with Gasteiger partial charge in [0.05, 0.1) is 36.3 Å². The summed E-state index contributed by atoms with van der Waals surface area (Å²) in [5.41, 5.74) is -1.24. The van der Waals surface area contributed by atoms with Crippen molar-refractivity contribution in [3.63, 3.8) is 0 Å². The molecule has 30 heavy (non-hydrogen) atoms. The molecule has 3 rings (SSSR count). The zero-order valence-corrected chi connectivity index (χ0v) is 15.8. The lowest BCUT2D eigenvalue weighted by Crippen LogP contribution is -2.42. The number of aromatic nitrogens is 2. The third kappa shape index (κ3) is 5.57. The summed E-state index contributed by atoms with van der Waals surface area (Å²) in [5.74, 6) is -0.0296. The summed E-state index contributed by atoms with van der Waals surface area (Å²) >= 11 is 0. The Bertz CT molecular complexity index is 839. The Morgan fingerprint density at radius 2 is 1.93 bits per heavy atom. The highest BCUT2D eigenvalue weighted by atomic mass is 19.4. The molecular weight excluding hydrogens is 405 g/mol. The van der Waals surface area contributed by atoms with E-state index in [1.807, 2.05) is 0 Å². The molecule has 11 heteroatoms. The number of halogens is 3. The molecule has 2 amide bonds. The van der Waals surface area contributed by atoms with Gasteiger partial charge in [0.15, 0.2) is 0 Å². The normalized spacial score (nSPS) is 23.8. The van der Waals surface area contributed by atoms with Gasteiger partial charge in [0.1, 0.15) is 0 Å². The SMILES string of the molecule is O=C(NCC1(COc2ccc(C(F)(F)F)cn2)CC(O)C(O)C1)Nc1cccnc1. The number of anilines is 1. The van der Waals surface area contributed by atoms with E-state index in [9.17, 15) is 28.2 Å². The van der Waals surface area contributed by atoms with Gasteiger partial charge < -0.3 is 25.6 Å². The van der Waals surface area contributed by atoms with E-state index in [-0.39, 0.29) is 31.9 Å². The molecule has 2 unspecified atom stereocenters. The van der Waals surface area contributed by atoms with E-state index in [2.05, 4.69) is 20.6 Å². The average Bonchev–Trinajstić information content (AvgIpc) is 2.99. The highest BCUT2D eigenvalue weighted by Crippen LogP contribution is 2.39. The number of aliphatic hydroxyl groups excluding tert-OH is 2. The molecule has 162 valence electrons. The van der Waals surface area contributed by atoms with Gasteiger partial charge in [-0.1, -0.05) is 0 Å². The van der Waals surface area contributed by atoms with Gasteiger partial charge in [-0.3, -0.25) is 4.98 Å². The summed E-state index contributed by atoms with van der Waals surface area (Å²) in [5, 5.41) is 25.2. The average molecular weight is 426 g/mol. The monoisotopic (exact) mass is 426 g/mol. The van der Waals surface area contributed by atoms with Gasteiger partial charge in [0.2, 0.25) is 5.88 Å². The third-order valence-corrected chi connectivity index (χ3v) is 4.86. The minimum Gasteiger partial charge on any atom is -0.477 e. The van der Waals surface area contributed by atoms with Crippen LogP contribution in [0.2, 0.25) is 0 Å². The molecule has 4 N–H and O–H groups in total. The Morgan fingerprint density at radius 3 is 2.50 bits per heavy atom. The molecular formula is C19H21F3N4O4. The number of ether oxygens (including phenoxy) is 1. The molecule has 1 aliphatic carbocycles. The maximum absolute atomic E-state index is 12.6. The summed E-state index contributed by atoms with van der Waals surface area (Å²) in [6.07, 6.45) is -2.53. The number of carbonyl (C=O) groups excluding carboxylic acids is 1. The molecule has 2 aromatic heterocycles. The first-order valence-electron chi connectivity index (χ1n) is 9.14. The fraction of sp³-hybridized carbons (Fsp3) is 0.421. The van der Waals surface area contributed by atoms with Gasteiger partial charge in [-0.15, -0.1) is 0 Å². The molecule has 2 atom stereocenters. The number of aliphatic hydroxyl groups is 2. The highest BCUT2D eigenvalue weighted by Gasteiger charge is 2.45. The second kappa shape index (κ2) is 8.84. The van der Waals surface area contributed by atoms with Crippen molar-refractivity contribution in [2.24, 2.45) is 5.41 Å². The summed E-state index contributed by atoms with van der Waals surface area (Å²) in [6.45, 7) is 0.000503. The van der Waals surface area contributed by atoms with Crippen molar-refractivity contribution in [2.75, 3.05) is 18.5 Å². The molecule has 0 saturated heterocycles. The largest absolute Gasteiger partial charge is 0.477 e. The van der Waals surface area contributed by atoms with Crippen LogP contribution in [-0.2, 0) is 6.18 Å². The number of urea groups is 1. The number of amides is 2. The Morgan fingerprint density at radius 1 is 1.20 bits per heavy atom. The highest BCUT2D eigenvalue weighted by molar-refractivity contribution is 5.88. The zero-order valence-electron chi connectivity index (χ0n) is 15.8. The first kappa shape index (κ1) is 21.8. The van der Waals surface area contributed by atoms with E-state index >= 15 is 0 Å². The first-order valence-corrected chi connectivity index (χ1v) is 9.14. The van der Waals surface area contributed by atoms with Crippen molar-refractivity contribution in [1.82, 2.24) is 15.3 Å². The molecule has 2 heterocycles. The fourth-order valence-corrected chi connectivity index (χ4v) is 3.30. The van der Waals surface area contributed by atoms with Crippen LogP contribution in [0.4, 0.5) is 23.7 Å². The number of rotatable bonds is 6. The van der Waals surface area contributed by atoms with Crippen LogP contribution in [0.5, 0.6) is 5.88 Å². The van der Waals surface area contributed by atoms with Gasteiger partial charge in [0.25, 0.3) is 0 Å². The zero-order chi connectivity index (χ0) is 21.8. The first-order chi connectivity index (χ1) is 14.2. The predicted octanol–water partition coefficient (Wildman–Crippen LogP) is 2.20. The van der Waals surface area contributed by atoms with Crippen LogP contribution >= 0.6 is 0 Å². The third-order valence-electron chi connectivity index (χ3n) is 4.86. The van der Waals surface area contributed by atoms with Crippen molar-refractivity contribution in [2.45, 2.75) is 31.2 Å². The molecule has 0 radical (unpaired) electrons. The van der Waals surface area contributed by atoms with Crippen molar-refractivity contribution < 1.29 is 32.9 Å². The van der Waals surface area contributed by atoms with Crippen molar-refractivity contribution in [3.8, 4) is 5.88 Å². The lowest BCUT2D eigenvalue weighted by atomic mass is 9.86. The van der Waals surface area contributed by atoms with Crippen LogP contribution in [0, 0.1) is 5.41 Å². The number of alkyl halides is 3. The smallest absolute Gasteiger partial charge is 0.417 e. The molecule has 0 aliphatic heterocycles. The van der Waals surface area contributed by atoms with Crippen LogP contribution in [0.25, 0.3) is 0 Å². The molecule has 2 aromatic rings. The van der Waals surface area contributed by atoms with Crippen LogP contribution in [0.1, 0.15) is 18.4 Å². The minimum atomic E-state index is -4.50. The topological polar surface area (TPSA) is 117 Å². The number of hydrogen-bond donors (Lipinski definition) is 4. The minimum absolute atomic E-state index is 0.0296. The summed E-state index contributed by atoms with van der Waals surface area (Å²) in [4.78, 5) is 19.7. The van der Waals surface area contributed by atoms with Crippen LogP contribution in [0.3, 0.4) is 0 Å². The van der Waals surface area contributed by atoms with Crippen molar-refractivity contribution >= 4 is 11.7 Å². The number of pyridine rings is 2.